The molecule has 0 bridgehead atoms. The van der Waals surface area contributed by atoms with E-state index in [-0.39, 0.29) is 12.6 Å². The first-order valence-corrected chi connectivity index (χ1v) is 7.05. The third kappa shape index (κ3) is 4.53. The third-order valence-corrected chi connectivity index (χ3v) is 3.20. The molecule has 0 aliphatic rings. The lowest BCUT2D eigenvalue weighted by atomic mass is 10.1. The number of methoxy groups -OCH3 is 1. The van der Waals surface area contributed by atoms with Crippen LogP contribution in [0.3, 0.4) is 0 Å². The van der Waals surface area contributed by atoms with Crippen molar-refractivity contribution in [3.63, 3.8) is 0 Å². The van der Waals surface area contributed by atoms with E-state index in [9.17, 15) is 9.90 Å². The Morgan fingerprint density at radius 2 is 2.09 bits per heavy atom. The number of amides is 2. The number of para-hydroxylation sites is 1. The summed E-state index contributed by atoms with van der Waals surface area (Å²) in [6, 6.07) is 10.7. The molecule has 0 radical (unpaired) electrons. The number of hydrogen-bond acceptors (Lipinski definition) is 4. The SMILES string of the molecule is COc1ccccc1CCNC(=O)NCC(O)c1ccco1. The van der Waals surface area contributed by atoms with Crippen LogP contribution in [0.25, 0.3) is 0 Å². The first-order valence-electron chi connectivity index (χ1n) is 7.05. The van der Waals surface area contributed by atoms with Gasteiger partial charge in [-0.2, -0.15) is 0 Å². The van der Waals surface area contributed by atoms with Crippen LogP contribution < -0.4 is 15.4 Å². The van der Waals surface area contributed by atoms with E-state index >= 15 is 0 Å². The van der Waals surface area contributed by atoms with Crippen LogP contribution in [-0.2, 0) is 6.42 Å². The van der Waals surface area contributed by atoms with E-state index in [1.165, 1.54) is 6.26 Å². The van der Waals surface area contributed by atoms with E-state index in [0.717, 1.165) is 11.3 Å². The van der Waals surface area contributed by atoms with Gasteiger partial charge in [-0.25, -0.2) is 4.79 Å². The van der Waals surface area contributed by atoms with Crippen LogP contribution in [0, 0.1) is 0 Å². The maximum Gasteiger partial charge on any atom is 0.314 e. The Kier molecular flexibility index (Phi) is 5.85. The molecule has 3 N–H and O–H groups in total. The van der Waals surface area contributed by atoms with Crippen LogP contribution in [0.15, 0.2) is 47.1 Å². The minimum atomic E-state index is -0.852. The summed E-state index contributed by atoms with van der Waals surface area (Å²) in [6.07, 6.45) is 1.29. The predicted octanol–water partition coefficient (Wildman–Crippen LogP) is 1.86. The molecule has 0 spiro atoms. The standard InChI is InChI=1S/C16H20N2O4/c1-21-14-6-3-2-5-12(14)8-9-17-16(20)18-11-13(19)15-7-4-10-22-15/h2-7,10,13,19H,8-9,11H2,1H3,(H2,17,18,20). The van der Waals surface area contributed by atoms with E-state index in [4.69, 9.17) is 9.15 Å². The lowest BCUT2D eigenvalue weighted by molar-refractivity contribution is 0.148. The highest BCUT2D eigenvalue weighted by molar-refractivity contribution is 5.73. The molecule has 1 atom stereocenters. The molecule has 118 valence electrons. The second-order valence-electron chi connectivity index (χ2n) is 4.73. The van der Waals surface area contributed by atoms with Gasteiger partial charge in [0, 0.05) is 6.54 Å². The van der Waals surface area contributed by atoms with Crippen molar-refractivity contribution < 1.29 is 19.1 Å². The number of nitrogens with one attached hydrogen (secondary N) is 2. The van der Waals surface area contributed by atoms with Crippen molar-refractivity contribution in [1.82, 2.24) is 10.6 Å². The molecule has 1 aromatic heterocycles. The van der Waals surface area contributed by atoms with Crippen molar-refractivity contribution in [2.45, 2.75) is 12.5 Å². The summed E-state index contributed by atoms with van der Waals surface area (Å²) < 4.78 is 10.3. The molecule has 0 fully saturated rings. The van der Waals surface area contributed by atoms with E-state index in [1.54, 1.807) is 19.2 Å². The number of ether oxygens (including phenoxy) is 1. The van der Waals surface area contributed by atoms with Crippen LogP contribution in [0.1, 0.15) is 17.4 Å². The van der Waals surface area contributed by atoms with E-state index < -0.39 is 6.10 Å². The highest BCUT2D eigenvalue weighted by Gasteiger charge is 2.11. The lowest BCUT2D eigenvalue weighted by Crippen LogP contribution is -2.38. The Hall–Kier alpha value is -2.47. The number of carbonyl (C=O) groups excluding carboxylic acids is 1. The van der Waals surface area contributed by atoms with Gasteiger partial charge < -0.3 is 24.9 Å². The normalized spacial score (nSPS) is 11.7. The molecule has 1 unspecified atom stereocenters. The molecular weight excluding hydrogens is 284 g/mol. The monoisotopic (exact) mass is 304 g/mol. The molecule has 2 rings (SSSR count). The minimum absolute atomic E-state index is 0.0913. The Bertz CT molecular complexity index is 584. The fourth-order valence-corrected chi connectivity index (χ4v) is 2.05. The van der Waals surface area contributed by atoms with E-state index in [1.807, 2.05) is 24.3 Å². The van der Waals surface area contributed by atoms with Gasteiger partial charge in [0.25, 0.3) is 0 Å². The van der Waals surface area contributed by atoms with E-state index in [2.05, 4.69) is 10.6 Å². The van der Waals surface area contributed by atoms with Crippen molar-refractivity contribution in [3.05, 3.63) is 54.0 Å². The van der Waals surface area contributed by atoms with Gasteiger partial charge in [0.15, 0.2) is 0 Å². The van der Waals surface area contributed by atoms with Crippen molar-refractivity contribution >= 4 is 6.03 Å². The van der Waals surface area contributed by atoms with Gasteiger partial charge in [-0.3, -0.25) is 0 Å². The molecule has 0 saturated heterocycles. The number of rotatable bonds is 7. The number of aliphatic hydroxyl groups is 1. The summed E-state index contributed by atoms with van der Waals surface area (Å²) in [5.74, 6) is 1.23. The molecule has 6 heteroatoms. The van der Waals surface area contributed by atoms with Gasteiger partial charge in [0.05, 0.1) is 19.9 Å². The number of carbonyl (C=O) groups is 1. The van der Waals surface area contributed by atoms with Gasteiger partial charge in [0.1, 0.15) is 17.6 Å². The summed E-state index contributed by atoms with van der Waals surface area (Å²) in [7, 11) is 1.62. The van der Waals surface area contributed by atoms with Crippen LogP contribution in [0.5, 0.6) is 5.75 Å². The summed E-state index contributed by atoms with van der Waals surface area (Å²) in [5.41, 5.74) is 1.03. The van der Waals surface area contributed by atoms with E-state index in [0.29, 0.717) is 18.7 Å². The van der Waals surface area contributed by atoms with Crippen molar-refractivity contribution in [1.29, 1.82) is 0 Å². The summed E-state index contributed by atoms with van der Waals surface area (Å²) >= 11 is 0. The molecule has 0 saturated carbocycles. The average Bonchev–Trinajstić information content (AvgIpc) is 3.07. The quantitative estimate of drug-likeness (QED) is 0.729. The lowest BCUT2D eigenvalue weighted by Gasteiger charge is -2.11. The number of aliphatic hydroxyl groups excluding tert-OH is 1. The maximum absolute atomic E-state index is 11.7. The number of hydrogen-bond donors (Lipinski definition) is 3. The molecule has 1 heterocycles. The molecule has 6 nitrogen and oxygen atoms in total. The summed E-state index contributed by atoms with van der Waals surface area (Å²) in [4.78, 5) is 11.7. The zero-order valence-electron chi connectivity index (χ0n) is 12.4. The summed E-state index contributed by atoms with van der Waals surface area (Å²) in [6.45, 7) is 0.567. The Morgan fingerprint density at radius 3 is 2.82 bits per heavy atom. The fourth-order valence-electron chi connectivity index (χ4n) is 2.05. The third-order valence-electron chi connectivity index (χ3n) is 3.20. The largest absolute Gasteiger partial charge is 0.496 e. The minimum Gasteiger partial charge on any atom is -0.496 e. The second-order valence-corrected chi connectivity index (χ2v) is 4.73. The van der Waals surface area contributed by atoms with Crippen LogP contribution in [0.2, 0.25) is 0 Å². The Labute approximate surface area is 129 Å². The Balaban J connectivity index is 1.69. The molecule has 22 heavy (non-hydrogen) atoms. The number of benzene rings is 1. The Morgan fingerprint density at radius 1 is 1.27 bits per heavy atom. The molecule has 0 aliphatic carbocycles. The maximum atomic E-state index is 11.7. The molecular formula is C16H20N2O4. The smallest absolute Gasteiger partial charge is 0.314 e. The molecule has 0 aliphatic heterocycles. The van der Waals surface area contributed by atoms with Crippen molar-refractivity contribution in [2.24, 2.45) is 0 Å². The van der Waals surface area contributed by atoms with Crippen molar-refractivity contribution in [3.8, 4) is 5.75 Å². The molecule has 1 aromatic carbocycles. The summed E-state index contributed by atoms with van der Waals surface area (Å²) in [5, 5.41) is 15.1. The zero-order chi connectivity index (χ0) is 15.8. The molecule has 2 aromatic rings. The van der Waals surface area contributed by atoms with Gasteiger partial charge in [-0.15, -0.1) is 0 Å². The van der Waals surface area contributed by atoms with Crippen LogP contribution in [0.4, 0.5) is 4.79 Å². The van der Waals surface area contributed by atoms with Gasteiger partial charge in [-0.05, 0) is 30.2 Å². The highest BCUT2D eigenvalue weighted by Crippen LogP contribution is 2.17. The predicted molar refractivity (Wildman–Crippen MR) is 81.8 cm³/mol. The van der Waals surface area contributed by atoms with Crippen LogP contribution in [-0.4, -0.2) is 31.3 Å². The van der Waals surface area contributed by atoms with Gasteiger partial charge in [0.2, 0.25) is 0 Å². The second kappa shape index (κ2) is 8.09. The highest BCUT2D eigenvalue weighted by atomic mass is 16.5. The number of furan rings is 1. The zero-order valence-corrected chi connectivity index (χ0v) is 12.4. The van der Waals surface area contributed by atoms with Gasteiger partial charge in [-0.1, -0.05) is 18.2 Å². The fraction of sp³-hybridized carbons (Fsp3) is 0.312. The average molecular weight is 304 g/mol. The molecule has 2 amide bonds. The number of urea groups is 1. The first kappa shape index (κ1) is 15.9. The van der Waals surface area contributed by atoms with Crippen molar-refractivity contribution in [2.75, 3.05) is 20.2 Å². The topological polar surface area (TPSA) is 83.7 Å². The first-order chi connectivity index (χ1) is 10.7. The van der Waals surface area contributed by atoms with Gasteiger partial charge >= 0.3 is 6.03 Å². The van der Waals surface area contributed by atoms with Crippen LogP contribution >= 0.6 is 0 Å².